The minimum atomic E-state index is -2.70. The molecule has 290 valence electrons. The van der Waals surface area contributed by atoms with Crippen LogP contribution in [0, 0.1) is 0 Å². The predicted octanol–water partition coefficient (Wildman–Crippen LogP) is 13.2. The van der Waals surface area contributed by atoms with Gasteiger partial charge in [0.1, 0.15) is 0 Å². The van der Waals surface area contributed by atoms with Crippen molar-refractivity contribution in [1.29, 1.82) is 0 Å². The third-order valence-electron chi connectivity index (χ3n) is 13.1. The molecule has 0 bridgehead atoms. The summed E-state index contributed by atoms with van der Waals surface area (Å²) in [6, 6.07) is 92.3. The normalized spacial score (nSPS) is 12.6. The quantitative estimate of drug-likeness (QED) is 0.145. The Labute approximate surface area is 364 Å². The summed E-state index contributed by atoms with van der Waals surface area (Å²) in [5, 5.41) is 5.89. The number of hydrogen-bond donors (Lipinski definition) is 0. The van der Waals surface area contributed by atoms with Crippen molar-refractivity contribution in [2.75, 3.05) is 4.90 Å². The third-order valence-corrected chi connectivity index (χ3v) is 18.1. The Morgan fingerprint density at radius 3 is 1.26 bits per heavy atom. The predicted molar refractivity (Wildman–Crippen MR) is 264 cm³/mol. The first-order chi connectivity index (χ1) is 30.8. The molecule has 10 aromatic rings. The van der Waals surface area contributed by atoms with Crippen molar-refractivity contribution >= 4 is 45.9 Å². The molecule has 0 aliphatic carbocycles. The van der Waals surface area contributed by atoms with Crippen molar-refractivity contribution in [3.8, 4) is 66.8 Å². The third kappa shape index (κ3) is 5.61. The zero-order chi connectivity index (χ0) is 41.0. The van der Waals surface area contributed by atoms with Gasteiger partial charge in [0.05, 0.1) is 5.69 Å². The van der Waals surface area contributed by atoms with E-state index in [0.717, 1.165) is 17.1 Å². The van der Waals surface area contributed by atoms with E-state index in [1.165, 1.54) is 87.5 Å². The van der Waals surface area contributed by atoms with E-state index in [1.807, 2.05) is 0 Å². The Hall–Kier alpha value is -7.78. The summed E-state index contributed by atoms with van der Waals surface area (Å²) in [6.45, 7) is 0. The zero-order valence-corrected chi connectivity index (χ0v) is 35.1. The molecular formula is C60H41NSi. The molecule has 0 saturated heterocycles. The smallest absolute Gasteiger partial charge is 0.182 e. The lowest BCUT2D eigenvalue weighted by Crippen LogP contribution is -2.70. The maximum atomic E-state index is 2.56. The molecule has 2 aliphatic heterocycles. The summed E-state index contributed by atoms with van der Waals surface area (Å²) in [5.41, 5.74) is 18.3. The highest BCUT2D eigenvalue weighted by atomic mass is 28.3. The Balaban J connectivity index is 1.14. The van der Waals surface area contributed by atoms with Crippen LogP contribution in [-0.2, 0) is 0 Å². The Morgan fingerprint density at radius 1 is 0.242 bits per heavy atom. The second-order valence-corrected chi connectivity index (χ2v) is 20.0. The Kier molecular flexibility index (Phi) is 8.58. The topological polar surface area (TPSA) is 3.24 Å². The van der Waals surface area contributed by atoms with E-state index in [-0.39, 0.29) is 0 Å². The van der Waals surface area contributed by atoms with E-state index < -0.39 is 8.07 Å². The van der Waals surface area contributed by atoms with Crippen LogP contribution < -0.4 is 25.6 Å². The van der Waals surface area contributed by atoms with Gasteiger partial charge in [-0.25, -0.2) is 0 Å². The molecule has 0 aromatic heterocycles. The molecule has 12 rings (SSSR count). The molecule has 1 nitrogen and oxygen atoms in total. The van der Waals surface area contributed by atoms with Gasteiger partial charge in [0.25, 0.3) is 0 Å². The zero-order valence-electron chi connectivity index (χ0n) is 34.1. The average Bonchev–Trinajstić information content (AvgIpc) is 3.82. The standard InChI is InChI=1S/C60H41NSi/c1-4-18-42(19-5-1)44-34-36-48(37-35-44)61(55-30-17-29-50(45-22-8-3-9-23-45)60(55)47-25-16-24-46(40-47)43-20-6-2-7-21-43)49-38-39-54-53-28-12-15-33-58(53)62(59(54)41-49)56-31-13-10-26-51(56)52-27-11-14-32-57(52)62/h1-41H. The molecule has 0 radical (unpaired) electrons. The monoisotopic (exact) mass is 803 g/mol. The lowest BCUT2D eigenvalue weighted by Gasteiger charge is -2.32. The highest BCUT2D eigenvalue weighted by Gasteiger charge is 2.54. The summed E-state index contributed by atoms with van der Waals surface area (Å²) in [4.78, 5) is 2.52. The van der Waals surface area contributed by atoms with Gasteiger partial charge in [0, 0.05) is 16.9 Å². The van der Waals surface area contributed by atoms with Crippen LogP contribution in [0.2, 0.25) is 0 Å². The van der Waals surface area contributed by atoms with E-state index in [4.69, 9.17) is 0 Å². The molecule has 0 fully saturated rings. The van der Waals surface area contributed by atoms with Crippen LogP contribution in [0.15, 0.2) is 249 Å². The summed E-state index contributed by atoms with van der Waals surface area (Å²) in [5.74, 6) is 0. The highest BCUT2D eigenvalue weighted by molar-refractivity contribution is 7.24. The SMILES string of the molecule is c1ccc(-c2ccc(N(c3ccc4c(c3)[Si]3(c5ccccc5-c5ccccc53)c3ccccc3-4)c3cccc(-c4ccccc4)c3-c3cccc(-c4ccccc4)c3)cc2)cc1. The number of nitrogens with zero attached hydrogens (tertiary/aromatic N) is 1. The highest BCUT2D eigenvalue weighted by Crippen LogP contribution is 2.47. The number of benzene rings is 10. The molecule has 2 aliphatic rings. The lowest BCUT2D eigenvalue weighted by molar-refractivity contribution is 1.29. The van der Waals surface area contributed by atoms with Crippen LogP contribution in [0.25, 0.3) is 66.8 Å². The molecule has 0 saturated carbocycles. The first-order valence-electron chi connectivity index (χ1n) is 21.5. The largest absolute Gasteiger partial charge is 0.310 e. The van der Waals surface area contributed by atoms with Gasteiger partial charge in [-0.1, -0.05) is 212 Å². The molecule has 0 N–H and O–H groups in total. The van der Waals surface area contributed by atoms with Gasteiger partial charge < -0.3 is 4.90 Å². The van der Waals surface area contributed by atoms with Crippen LogP contribution in [0.3, 0.4) is 0 Å². The first kappa shape index (κ1) is 36.1. The van der Waals surface area contributed by atoms with Gasteiger partial charge in [-0.15, -0.1) is 0 Å². The summed E-state index contributed by atoms with van der Waals surface area (Å²) in [6.07, 6.45) is 0. The minimum Gasteiger partial charge on any atom is -0.310 e. The molecule has 2 heterocycles. The summed E-state index contributed by atoms with van der Waals surface area (Å²) >= 11 is 0. The Bertz CT molecular complexity index is 3220. The van der Waals surface area contributed by atoms with E-state index in [0.29, 0.717) is 0 Å². The van der Waals surface area contributed by atoms with Gasteiger partial charge >= 0.3 is 0 Å². The maximum Gasteiger partial charge on any atom is 0.182 e. The van der Waals surface area contributed by atoms with Crippen LogP contribution in [-0.4, -0.2) is 8.07 Å². The van der Waals surface area contributed by atoms with E-state index >= 15 is 0 Å². The van der Waals surface area contributed by atoms with Crippen LogP contribution >= 0.6 is 0 Å². The fourth-order valence-electron chi connectivity index (χ4n) is 10.5. The van der Waals surface area contributed by atoms with Gasteiger partial charge in [0.15, 0.2) is 8.07 Å². The van der Waals surface area contributed by atoms with Crippen LogP contribution in [0.4, 0.5) is 17.1 Å². The molecule has 2 heteroatoms. The fraction of sp³-hybridized carbons (Fsp3) is 0. The van der Waals surface area contributed by atoms with Gasteiger partial charge in [-0.3, -0.25) is 0 Å². The maximum absolute atomic E-state index is 2.70. The van der Waals surface area contributed by atoms with Crippen molar-refractivity contribution < 1.29 is 0 Å². The van der Waals surface area contributed by atoms with E-state index in [1.54, 1.807) is 0 Å². The number of rotatable bonds is 7. The van der Waals surface area contributed by atoms with Crippen molar-refractivity contribution in [3.05, 3.63) is 249 Å². The molecule has 62 heavy (non-hydrogen) atoms. The average molecular weight is 804 g/mol. The first-order valence-corrected chi connectivity index (χ1v) is 23.5. The van der Waals surface area contributed by atoms with Crippen molar-refractivity contribution in [3.63, 3.8) is 0 Å². The molecule has 0 amide bonds. The van der Waals surface area contributed by atoms with Crippen LogP contribution in [0.1, 0.15) is 0 Å². The number of anilines is 3. The van der Waals surface area contributed by atoms with E-state index in [9.17, 15) is 0 Å². The number of fused-ring (bicyclic) bond motifs is 10. The molecule has 0 unspecified atom stereocenters. The van der Waals surface area contributed by atoms with Gasteiger partial charge in [0.2, 0.25) is 0 Å². The van der Waals surface area contributed by atoms with Gasteiger partial charge in [-0.2, -0.15) is 0 Å². The van der Waals surface area contributed by atoms with Crippen molar-refractivity contribution in [2.45, 2.75) is 0 Å². The molecule has 1 spiro atoms. The van der Waals surface area contributed by atoms with Crippen molar-refractivity contribution in [2.24, 2.45) is 0 Å². The van der Waals surface area contributed by atoms with Crippen molar-refractivity contribution in [1.82, 2.24) is 0 Å². The minimum absolute atomic E-state index is 1.11. The number of hydrogen-bond acceptors (Lipinski definition) is 1. The second-order valence-electron chi connectivity index (χ2n) is 16.4. The Morgan fingerprint density at radius 2 is 0.661 bits per heavy atom. The lowest BCUT2D eigenvalue weighted by atomic mass is 9.90. The molecular weight excluding hydrogens is 763 g/mol. The van der Waals surface area contributed by atoms with E-state index in [2.05, 4.69) is 254 Å². The second kappa shape index (κ2) is 14.7. The van der Waals surface area contributed by atoms with Gasteiger partial charge in [-0.05, 0) is 118 Å². The summed E-state index contributed by atoms with van der Waals surface area (Å²) in [7, 11) is -2.70. The summed E-state index contributed by atoms with van der Waals surface area (Å²) < 4.78 is 0. The molecule has 0 atom stereocenters. The van der Waals surface area contributed by atoms with Crippen LogP contribution in [0.5, 0.6) is 0 Å². The molecule has 10 aromatic carbocycles. The fourth-order valence-corrected chi connectivity index (χ4v) is 16.1.